The molecule has 5 aromatic rings. The number of nitrogens with one attached hydrogen (secondary N) is 1. The van der Waals surface area contributed by atoms with E-state index < -0.39 is 0 Å². The van der Waals surface area contributed by atoms with Crippen molar-refractivity contribution in [2.75, 3.05) is 0 Å². The van der Waals surface area contributed by atoms with Crippen molar-refractivity contribution in [3.63, 3.8) is 0 Å². The molecule has 0 atom stereocenters. The Morgan fingerprint density at radius 3 is 2.52 bits per heavy atom. The van der Waals surface area contributed by atoms with E-state index in [0.717, 1.165) is 33.7 Å². The number of carbonyl (C=O) groups excluding carboxylic acids is 1. The van der Waals surface area contributed by atoms with Gasteiger partial charge in [-0.15, -0.1) is 5.10 Å². The summed E-state index contributed by atoms with van der Waals surface area (Å²) in [5.74, 6) is 0.728. The van der Waals surface area contributed by atoms with Crippen LogP contribution in [0.25, 0.3) is 22.5 Å². The molecule has 0 aliphatic rings. The highest BCUT2D eigenvalue weighted by Crippen LogP contribution is 2.16. The van der Waals surface area contributed by atoms with Gasteiger partial charge in [-0.3, -0.25) is 9.36 Å². The molecule has 9 heteroatoms. The first-order chi connectivity index (χ1) is 15.3. The Bertz CT molecular complexity index is 1310. The highest BCUT2D eigenvalue weighted by Gasteiger charge is 2.07. The molecule has 0 fully saturated rings. The minimum absolute atomic E-state index is 0.0557. The molecular weight excluding hydrogens is 392 g/mol. The Hall–Kier alpha value is -4.40. The van der Waals surface area contributed by atoms with Gasteiger partial charge in [0.1, 0.15) is 18.5 Å². The van der Waals surface area contributed by atoms with Crippen LogP contribution in [0.1, 0.15) is 11.1 Å². The Balaban J connectivity index is 1.19. The summed E-state index contributed by atoms with van der Waals surface area (Å²) in [5.41, 5.74) is 4.60. The van der Waals surface area contributed by atoms with Gasteiger partial charge in [0, 0.05) is 12.7 Å². The predicted molar refractivity (Wildman–Crippen MR) is 114 cm³/mol. The first kappa shape index (κ1) is 18.6. The average Bonchev–Trinajstić information content (AvgIpc) is 3.49. The van der Waals surface area contributed by atoms with Crippen LogP contribution in [0.5, 0.6) is 0 Å². The molecule has 3 aromatic heterocycles. The van der Waals surface area contributed by atoms with Crippen LogP contribution in [0, 0.1) is 0 Å². The zero-order valence-electron chi connectivity index (χ0n) is 16.5. The highest BCUT2D eigenvalue weighted by molar-refractivity contribution is 5.78. The molecule has 2 aromatic carbocycles. The number of fused-ring (bicyclic) bond motifs is 1. The molecule has 1 N–H and O–H groups in total. The second kappa shape index (κ2) is 8.15. The van der Waals surface area contributed by atoms with E-state index in [9.17, 15) is 4.79 Å². The molecule has 0 saturated carbocycles. The fourth-order valence-electron chi connectivity index (χ4n) is 3.30. The number of rotatable bonds is 6. The minimum atomic E-state index is -0.0557. The van der Waals surface area contributed by atoms with E-state index in [0.29, 0.717) is 13.0 Å². The lowest BCUT2D eigenvalue weighted by Gasteiger charge is -2.08. The number of tetrazole rings is 1. The molecule has 9 nitrogen and oxygen atoms in total. The number of imidazole rings is 1. The van der Waals surface area contributed by atoms with Gasteiger partial charge in [0.25, 0.3) is 0 Å². The molecule has 0 aliphatic heterocycles. The first-order valence-corrected chi connectivity index (χ1v) is 9.73. The summed E-state index contributed by atoms with van der Waals surface area (Å²) in [5, 5.41) is 14.0. The molecule has 3 heterocycles. The van der Waals surface area contributed by atoms with Crippen molar-refractivity contribution in [1.29, 1.82) is 0 Å². The van der Waals surface area contributed by atoms with Gasteiger partial charge in [-0.25, -0.2) is 14.6 Å². The van der Waals surface area contributed by atoms with Gasteiger partial charge in [-0.2, -0.15) is 0 Å². The van der Waals surface area contributed by atoms with Crippen LogP contribution in [0.4, 0.5) is 0 Å². The number of benzene rings is 2. The lowest BCUT2D eigenvalue weighted by molar-refractivity contribution is -0.120. The summed E-state index contributed by atoms with van der Waals surface area (Å²) < 4.78 is 3.50. The predicted octanol–water partition coefficient (Wildman–Crippen LogP) is 2.26. The van der Waals surface area contributed by atoms with E-state index in [1.165, 1.54) is 6.33 Å². The number of aromatic nitrogens is 7. The van der Waals surface area contributed by atoms with E-state index in [1.807, 2.05) is 65.2 Å². The molecule has 31 heavy (non-hydrogen) atoms. The molecule has 0 radical (unpaired) electrons. The average molecular weight is 410 g/mol. The lowest BCUT2D eigenvalue weighted by atomic mass is 10.1. The van der Waals surface area contributed by atoms with Crippen LogP contribution in [0.15, 0.2) is 79.5 Å². The fraction of sp³-hybridized carbons (Fsp3) is 0.0909. The molecule has 0 saturated heterocycles. The van der Waals surface area contributed by atoms with Crippen molar-refractivity contribution in [2.45, 2.75) is 13.0 Å². The Labute approximate surface area is 177 Å². The largest absolute Gasteiger partial charge is 0.352 e. The van der Waals surface area contributed by atoms with Gasteiger partial charge in [-0.1, -0.05) is 30.3 Å². The second-order valence-corrected chi connectivity index (χ2v) is 7.00. The lowest BCUT2D eigenvalue weighted by Crippen LogP contribution is -2.24. The van der Waals surface area contributed by atoms with Crippen molar-refractivity contribution in [2.24, 2.45) is 0 Å². The summed E-state index contributed by atoms with van der Waals surface area (Å²) in [6.45, 7) is 0.416. The van der Waals surface area contributed by atoms with Gasteiger partial charge in [0.05, 0.1) is 23.1 Å². The van der Waals surface area contributed by atoms with Crippen molar-refractivity contribution in [1.82, 2.24) is 40.1 Å². The third-order valence-corrected chi connectivity index (χ3v) is 4.91. The standard InChI is InChI=1S/C22H18N8O/c31-22(11-16-5-8-18(9-6-16)30-15-26-27-28-30)24-13-17-7-10-21(23-12-17)29-14-25-19-3-1-2-4-20(19)29/h1-10,12,14-15H,11,13H2,(H,24,31). The summed E-state index contributed by atoms with van der Waals surface area (Å²) >= 11 is 0. The fourth-order valence-corrected chi connectivity index (χ4v) is 3.30. The number of carbonyl (C=O) groups is 1. The quantitative estimate of drug-likeness (QED) is 0.461. The number of amides is 1. The van der Waals surface area contributed by atoms with Gasteiger partial charge in [0.2, 0.25) is 5.91 Å². The van der Waals surface area contributed by atoms with E-state index in [4.69, 9.17) is 0 Å². The zero-order chi connectivity index (χ0) is 21.0. The van der Waals surface area contributed by atoms with E-state index in [1.54, 1.807) is 17.2 Å². The third-order valence-electron chi connectivity index (χ3n) is 4.91. The van der Waals surface area contributed by atoms with Gasteiger partial charge < -0.3 is 5.32 Å². The summed E-state index contributed by atoms with van der Waals surface area (Å²) in [4.78, 5) is 21.2. The Morgan fingerprint density at radius 1 is 0.903 bits per heavy atom. The Kier molecular flexibility index (Phi) is 4.89. The van der Waals surface area contributed by atoms with E-state index in [-0.39, 0.29) is 5.91 Å². The van der Waals surface area contributed by atoms with E-state index >= 15 is 0 Å². The molecule has 0 bridgehead atoms. The normalized spacial score (nSPS) is 11.0. The molecule has 152 valence electrons. The summed E-state index contributed by atoms with van der Waals surface area (Å²) in [7, 11) is 0. The molecule has 0 unspecified atom stereocenters. The van der Waals surface area contributed by atoms with Crippen LogP contribution in [0.2, 0.25) is 0 Å². The number of nitrogens with zero attached hydrogens (tertiary/aromatic N) is 7. The maximum Gasteiger partial charge on any atom is 0.224 e. The van der Waals surface area contributed by atoms with Crippen molar-refractivity contribution in [3.8, 4) is 11.5 Å². The van der Waals surface area contributed by atoms with Gasteiger partial charge >= 0.3 is 0 Å². The van der Waals surface area contributed by atoms with Crippen LogP contribution < -0.4 is 5.32 Å². The first-order valence-electron chi connectivity index (χ1n) is 9.73. The maximum absolute atomic E-state index is 12.3. The highest BCUT2D eigenvalue weighted by atomic mass is 16.1. The monoisotopic (exact) mass is 410 g/mol. The zero-order valence-corrected chi connectivity index (χ0v) is 16.5. The third kappa shape index (κ3) is 4.01. The van der Waals surface area contributed by atoms with Crippen molar-refractivity contribution >= 4 is 16.9 Å². The smallest absolute Gasteiger partial charge is 0.224 e. The topological polar surface area (TPSA) is 103 Å². The molecule has 5 rings (SSSR count). The van der Waals surface area contributed by atoms with Crippen molar-refractivity contribution in [3.05, 3.63) is 90.6 Å². The maximum atomic E-state index is 12.3. The number of hydrogen-bond acceptors (Lipinski definition) is 6. The molecule has 0 aliphatic carbocycles. The molecule has 0 spiro atoms. The summed E-state index contributed by atoms with van der Waals surface area (Å²) in [6.07, 6.45) is 5.35. The SMILES string of the molecule is O=C(Cc1ccc(-n2cnnn2)cc1)NCc1ccc(-n2cnc3ccccc32)nc1. The van der Waals surface area contributed by atoms with Crippen molar-refractivity contribution < 1.29 is 4.79 Å². The number of pyridine rings is 1. The van der Waals surface area contributed by atoms with Crippen LogP contribution >= 0.6 is 0 Å². The van der Waals surface area contributed by atoms with Gasteiger partial charge in [0.15, 0.2) is 0 Å². The number of para-hydroxylation sites is 2. The molecular formula is C22H18N8O. The summed E-state index contributed by atoms with van der Waals surface area (Å²) in [6, 6.07) is 19.3. The second-order valence-electron chi connectivity index (χ2n) is 7.00. The van der Waals surface area contributed by atoms with Crippen LogP contribution in [0.3, 0.4) is 0 Å². The van der Waals surface area contributed by atoms with Crippen LogP contribution in [-0.4, -0.2) is 40.6 Å². The Morgan fingerprint density at radius 2 is 1.74 bits per heavy atom. The van der Waals surface area contributed by atoms with E-state index in [2.05, 4.69) is 30.8 Å². The minimum Gasteiger partial charge on any atom is -0.352 e. The molecule has 1 amide bonds. The van der Waals surface area contributed by atoms with Crippen LogP contribution in [-0.2, 0) is 17.8 Å². The number of hydrogen-bond donors (Lipinski definition) is 1. The van der Waals surface area contributed by atoms with Gasteiger partial charge in [-0.05, 0) is 51.9 Å².